The van der Waals surface area contributed by atoms with Crippen molar-refractivity contribution < 1.29 is 4.79 Å². The van der Waals surface area contributed by atoms with E-state index in [-0.39, 0.29) is 0 Å². The summed E-state index contributed by atoms with van der Waals surface area (Å²) in [6.45, 7) is 0. The first-order valence-corrected chi connectivity index (χ1v) is 5.22. The van der Waals surface area contributed by atoms with Gasteiger partial charge in [0.1, 0.15) is 0 Å². The molecule has 0 aromatic heterocycles. The molecule has 0 spiro atoms. The van der Waals surface area contributed by atoms with Crippen LogP contribution < -0.4 is 5.73 Å². The van der Waals surface area contributed by atoms with E-state index in [0.29, 0.717) is 0 Å². The Morgan fingerprint density at radius 3 is 1.75 bits per heavy atom. The minimum absolute atomic E-state index is 0.396. The normalized spacial score (nSPS) is 13.2. The van der Waals surface area contributed by atoms with E-state index in [2.05, 4.69) is 0 Å². The van der Waals surface area contributed by atoms with E-state index in [1.807, 2.05) is 48.5 Å². The third kappa shape index (κ3) is 1.10. The zero-order chi connectivity index (χ0) is 11.1. The van der Waals surface area contributed by atoms with Crippen LogP contribution in [0.1, 0.15) is 17.0 Å². The van der Waals surface area contributed by atoms with Gasteiger partial charge in [-0.05, 0) is 22.3 Å². The summed E-state index contributed by atoms with van der Waals surface area (Å²) in [5, 5.41) is 0. The second kappa shape index (κ2) is 3.20. The molecule has 2 aromatic carbocycles. The summed E-state index contributed by atoms with van der Waals surface area (Å²) >= 11 is 0. The van der Waals surface area contributed by atoms with E-state index in [1.165, 1.54) is 0 Å². The molecule has 1 radical (unpaired) electrons. The number of benzene rings is 2. The Morgan fingerprint density at radius 1 is 0.875 bits per heavy atom. The fourth-order valence-electron chi connectivity index (χ4n) is 2.44. The number of carbonyl (C=O) groups excluding carboxylic acids is 1. The van der Waals surface area contributed by atoms with E-state index in [0.717, 1.165) is 22.3 Å². The fraction of sp³-hybridized carbons (Fsp3) is 0.0714. The molecule has 0 heterocycles. The van der Waals surface area contributed by atoms with Crippen molar-refractivity contribution in [2.24, 2.45) is 0 Å². The van der Waals surface area contributed by atoms with Crippen molar-refractivity contribution in [1.29, 1.82) is 0 Å². The lowest BCUT2D eigenvalue weighted by molar-refractivity contribution is -0.119. The van der Waals surface area contributed by atoms with Crippen molar-refractivity contribution in [1.82, 2.24) is 5.73 Å². The third-order valence-electron chi connectivity index (χ3n) is 3.10. The predicted molar refractivity (Wildman–Crippen MR) is 61.8 cm³/mol. The summed E-state index contributed by atoms with van der Waals surface area (Å²) in [5.74, 6) is -0.926. The number of nitrogens with one attached hydrogen (secondary N) is 1. The number of fused-ring (bicyclic) bond motifs is 3. The minimum Gasteiger partial charge on any atom is -0.272 e. The largest absolute Gasteiger partial charge is 0.272 e. The van der Waals surface area contributed by atoms with Crippen LogP contribution >= 0.6 is 0 Å². The molecule has 0 fully saturated rings. The molecule has 1 aliphatic carbocycles. The Labute approximate surface area is 93.7 Å². The molecule has 1 N–H and O–H groups in total. The highest BCUT2D eigenvalue weighted by Gasteiger charge is 2.31. The van der Waals surface area contributed by atoms with Gasteiger partial charge >= 0.3 is 0 Å². The highest BCUT2D eigenvalue weighted by Crippen LogP contribution is 2.44. The van der Waals surface area contributed by atoms with Gasteiger partial charge in [0.25, 0.3) is 0 Å². The highest BCUT2D eigenvalue weighted by molar-refractivity contribution is 5.94. The molecule has 1 aliphatic rings. The summed E-state index contributed by atoms with van der Waals surface area (Å²) < 4.78 is 0. The van der Waals surface area contributed by atoms with Gasteiger partial charge in [-0.2, -0.15) is 0 Å². The van der Waals surface area contributed by atoms with Crippen LogP contribution in [0, 0.1) is 0 Å². The molecule has 0 atom stereocenters. The summed E-state index contributed by atoms with van der Waals surface area (Å²) in [6, 6.07) is 15.7. The van der Waals surface area contributed by atoms with Gasteiger partial charge in [0, 0.05) is 0 Å². The lowest BCUT2D eigenvalue weighted by atomic mass is 9.97. The Balaban J connectivity index is 2.34. The van der Waals surface area contributed by atoms with E-state index in [9.17, 15) is 4.79 Å². The maximum atomic E-state index is 11.4. The van der Waals surface area contributed by atoms with Crippen LogP contribution in [0.15, 0.2) is 48.5 Å². The third-order valence-corrected chi connectivity index (χ3v) is 3.10. The molecule has 16 heavy (non-hydrogen) atoms. The van der Waals surface area contributed by atoms with Crippen molar-refractivity contribution in [3.05, 3.63) is 59.7 Å². The Bertz CT molecular complexity index is 529. The van der Waals surface area contributed by atoms with Gasteiger partial charge in [-0.25, -0.2) is 0 Å². The van der Waals surface area contributed by atoms with Crippen molar-refractivity contribution >= 4 is 5.91 Å². The van der Waals surface area contributed by atoms with E-state index >= 15 is 0 Å². The van der Waals surface area contributed by atoms with E-state index in [4.69, 9.17) is 5.73 Å². The SMILES string of the molecule is [NH]C(=O)C1c2ccccc2-c2ccccc21. The summed E-state index contributed by atoms with van der Waals surface area (Å²) in [6.07, 6.45) is 0. The number of carbonyl (C=O) groups is 1. The van der Waals surface area contributed by atoms with Gasteiger partial charge in [0.05, 0.1) is 5.92 Å². The van der Waals surface area contributed by atoms with Gasteiger partial charge in [-0.3, -0.25) is 10.5 Å². The summed E-state index contributed by atoms with van der Waals surface area (Å²) in [4.78, 5) is 11.4. The predicted octanol–water partition coefficient (Wildman–Crippen LogP) is 2.61. The van der Waals surface area contributed by atoms with Crippen LogP contribution in [-0.2, 0) is 4.79 Å². The second-order valence-corrected chi connectivity index (χ2v) is 3.97. The van der Waals surface area contributed by atoms with Crippen molar-refractivity contribution in [2.75, 3.05) is 0 Å². The molecule has 1 amide bonds. The average Bonchev–Trinajstić information content (AvgIpc) is 2.63. The lowest BCUT2D eigenvalue weighted by Crippen LogP contribution is -2.11. The van der Waals surface area contributed by atoms with Gasteiger partial charge in [0.15, 0.2) is 0 Å². The molecule has 0 unspecified atom stereocenters. The van der Waals surface area contributed by atoms with Crippen LogP contribution in [0.4, 0.5) is 0 Å². The number of amides is 1. The summed E-state index contributed by atoms with van der Waals surface area (Å²) in [7, 11) is 0. The standard InChI is InChI=1S/C14H10NO/c15-14(16)13-11-7-3-1-5-9(11)10-6-2-4-8-12(10)13/h1-8,13,15H. The van der Waals surface area contributed by atoms with Crippen LogP contribution in [0.5, 0.6) is 0 Å². The molecule has 2 nitrogen and oxygen atoms in total. The average molecular weight is 208 g/mol. The molecule has 0 bridgehead atoms. The van der Waals surface area contributed by atoms with Crippen molar-refractivity contribution in [2.45, 2.75) is 5.92 Å². The van der Waals surface area contributed by atoms with E-state index < -0.39 is 11.8 Å². The first-order valence-electron chi connectivity index (χ1n) is 5.22. The first-order chi connectivity index (χ1) is 7.79. The lowest BCUT2D eigenvalue weighted by Gasteiger charge is -2.07. The van der Waals surface area contributed by atoms with Crippen molar-refractivity contribution in [3.8, 4) is 11.1 Å². The maximum Gasteiger partial charge on any atom is 0.250 e. The number of hydrogen-bond donors (Lipinski definition) is 0. The zero-order valence-corrected chi connectivity index (χ0v) is 8.60. The second-order valence-electron chi connectivity index (χ2n) is 3.97. The number of hydrogen-bond acceptors (Lipinski definition) is 1. The monoisotopic (exact) mass is 208 g/mol. The minimum atomic E-state index is -0.530. The molecule has 2 heteroatoms. The fourth-order valence-corrected chi connectivity index (χ4v) is 2.44. The van der Waals surface area contributed by atoms with E-state index in [1.54, 1.807) is 0 Å². The van der Waals surface area contributed by atoms with Gasteiger partial charge < -0.3 is 0 Å². The van der Waals surface area contributed by atoms with Gasteiger partial charge in [-0.1, -0.05) is 48.5 Å². The first kappa shape index (κ1) is 9.16. The molecule has 77 valence electrons. The topological polar surface area (TPSA) is 40.9 Å². The Morgan fingerprint density at radius 2 is 1.31 bits per heavy atom. The number of rotatable bonds is 1. The molecular formula is C14H10NO. The molecule has 0 saturated carbocycles. The Hall–Kier alpha value is -2.09. The molecular weight excluding hydrogens is 198 g/mol. The smallest absolute Gasteiger partial charge is 0.250 e. The molecule has 0 aliphatic heterocycles. The van der Waals surface area contributed by atoms with Crippen LogP contribution in [-0.4, -0.2) is 5.91 Å². The Kier molecular flexibility index (Phi) is 1.83. The van der Waals surface area contributed by atoms with Crippen LogP contribution in [0.25, 0.3) is 11.1 Å². The van der Waals surface area contributed by atoms with Gasteiger partial charge in [0.2, 0.25) is 5.91 Å². The maximum absolute atomic E-state index is 11.4. The van der Waals surface area contributed by atoms with Crippen LogP contribution in [0.2, 0.25) is 0 Å². The molecule has 2 aromatic rings. The summed E-state index contributed by atoms with van der Waals surface area (Å²) in [5.41, 5.74) is 11.5. The zero-order valence-electron chi connectivity index (χ0n) is 8.60. The van der Waals surface area contributed by atoms with Crippen LogP contribution in [0.3, 0.4) is 0 Å². The van der Waals surface area contributed by atoms with Crippen molar-refractivity contribution in [3.63, 3.8) is 0 Å². The quantitative estimate of drug-likeness (QED) is 0.710. The van der Waals surface area contributed by atoms with Gasteiger partial charge in [-0.15, -0.1) is 0 Å². The molecule has 0 saturated heterocycles. The molecule has 3 rings (SSSR count). The highest BCUT2D eigenvalue weighted by atomic mass is 16.1.